The molecule has 0 N–H and O–H groups in total. The van der Waals surface area contributed by atoms with Gasteiger partial charge in [0.2, 0.25) is 0 Å². The van der Waals surface area contributed by atoms with Crippen molar-refractivity contribution in [2.24, 2.45) is 0 Å². The molecule has 0 unspecified atom stereocenters. The first kappa shape index (κ1) is 7.07. The second-order valence-corrected chi connectivity index (χ2v) is 1.96. The van der Waals surface area contributed by atoms with E-state index in [9.17, 15) is 4.39 Å². The van der Waals surface area contributed by atoms with E-state index in [1.54, 1.807) is 24.3 Å². The summed E-state index contributed by atoms with van der Waals surface area (Å²) in [4.78, 5) is 0. The summed E-state index contributed by atoms with van der Waals surface area (Å²) in [5.74, 6) is 0. The van der Waals surface area contributed by atoms with Crippen molar-refractivity contribution in [3.63, 3.8) is 0 Å². The van der Waals surface area contributed by atoms with Crippen LogP contribution in [0.1, 0.15) is 5.56 Å². The maximum Gasteiger partial charge on any atom is 0.113 e. The molecule has 2 radical (unpaired) electrons. The van der Waals surface area contributed by atoms with E-state index in [2.05, 4.69) is 0 Å². The lowest BCUT2D eigenvalue weighted by molar-refractivity contribution is 0.727. The first-order valence-electron chi connectivity index (χ1n) is 2.95. The van der Waals surface area contributed by atoms with Crippen LogP contribution in [0, 0.1) is 0 Å². The Morgan fingerprint density at radius 2 is 1.80 bits per heavy atom. The van der Waals surface area contributed by atoms with E-state index in [0.29, 0.717) is 11.8 Å². The van der Waals surface area contributed by atoms with Gasteiger partial charge < -0.3 is 0 Å². The summed E-state index contributed by atoms with van der Waals surface area (Å²) in [5.41, 5.74) is 1.51. The molecule has 48 valence electrons. The average Bonchev–Trinajstić information content (AvgIpc) is 1.95. The van der Waals surface area contributed by atoms with Gasteiger partial charge in [0.15, 0.2) is 0 Å². The number of benzene rings is 1. The number of hydrogen-bond donors (Lipinski definition) is 0. The zero-order chi connectivity index (χ0) is 7.40. The zero-order valence-electron chi connectivity index (χ0n) is 5.42. The SMILES string of the molecule is [B]c1ccc(/C=C/F)cc1. The largest absolute Gasteiger partial charge is 0.216 e. The predicted octanol–water partition coefficient (Wildman–Crippen LogP) is 1.42. The van der Waals surface area contributed by atoms with Crippen LogP contribution in [0.15, 0.2) is 30.6 Å². The normalized spacial score (nSPS) is 10.5. The van der Waals surface area contributed by atoms with Gasteiger partial charge in [-0.1, -0.05) is 29.7 Å². The molecule has 0 aliphatic heterocycles. The molecule has 0 fully saturated rings. The topological polar surface area (TPSA) is 0 Å². The molecule has 2 heteroatoms. The number of hydrogen-bond acceptors (Lipinski definition) is 0. The molecule has 1 aromatic carbocycles. The molecule has 0 heterocycles. The summed E-state index contributed by atoms with van der Waals surface area (Å²) in [6.07, 6.45) is 1.88. The highest BCUT2D eigenvalue weighted by molar-refractivity contribution is 6.32. The predicted molar refractivity (Wildman–Crippen MR) is 42.0 cm³/mol. The van der Waals surface area contributed by atoms with Gasteiger partial charge in [-0.25, -0.2) is 4.39 Å². The van der Waals surface area contributed by atoms with E-state index < -0.39 is 0 Å². The molecule has 0 atom stereocenters. The molecule has 0 amide bonds. The van der Waals surface area contributed by atoms with E-state index in [1.165, 1.54) is 6.08 Å². The maximum atomic E-state index is 11.6. The quantitative estimate of drug-likeness (QED) is 0.507. The Labute approximate surface area is 60.8 Å². The Balaban J connectivity index is 2.89. The van der Waals surface area contributed by atoms with Gasteiger partial charge in [-0.3, -0.25) is 0 Å². The minimum atomic E-state index is 0.505. The number of halogens is 1. The van der Waals surface area contributed by atoms with Crippen LogP contribution in [0.4, 0.5) is 4.39 Å². The monoisotopic (exact) mass is 132 g/mol. The lowest BCUT2D eigenvalue weighted by atomic mass is 9.95. The first-order valence-corrected chi connectivity index (χ1v) is 2.95. The highest BCUT2D eigenvalue weighted by Crippen LogP contribution is 1.98. The summed E-state index contributed by atoms with van der Waals surface area (Å²) in [6, 6.07) is 6.97. The summed E-state index contributed by atoms with van der Waals surface area (Å²) < 4.78 is 11.6. The molecular weight excluding hydrogens is 126 g/mol. The van der Waals surface area contributed by atoms with Crippen molar-refractivity contribution in [1.82, 2.24) is 0 Å². The van der Waals surface area contributed by atoms with Crippen LogP contribution in [0.5, 0.6) is 0 Å². The molecular formula is C8H6BF. The van der Waals surface area contributed by atoms with Crippen LogP contribution in [0.25, 0.3) is 6.08 Å². The van der Waals surface area contributed by atoms with Gasteiger partial charge in [-0.15, -0.1) is 0 Å². The minimum absolute atomic E-state index is 0.505. The maximum absolute atomic E-state index is 11.6. The second-order valence-electron chi connectivity index (χ2n) is 1.96. The van der Waals surface area contributed by atoms with Gasteiger partial charge in [0, 0.05) is 0 Å². The zero-order valence-corrected chi connectivity index (χ0v) is 5.42. The van der Waals surface area contributed by atoms with Crippen molar-refractivity contribution in [3.8, 4) is 0 Å². The lowest BCUT2D eigenvalue weighted by Crippen LogP contribution is -1.98. The van der Waals surface area contributed by atoms with E-state index >= 15 is 0 Å². The molecule has 10 heavy (non-hydrogen) atoms. The molecule has 0 nitrogen and oxygen atoms in total. The molecule has 0 saturated heterocycles. The van der Waals surface area contributed by atoms with Crippen molar-refractivity contribution >= 4 is 19.4 Å². The highest BCUT2D eigenvalue weighted by Gasteiger charge is 1.83. The Morgan fingerprint density at radius 3 is 2.30 bits per heavy atom. The van der Waals surface area contributed by atoms with Crippen LogP contribution < -0.4 is 5.46 Å². The molecule has 0 bridgehead atoms. The fraction of sp³-hybridized carbons (Fsp3) is 0. The molecule has 0 aliphatic rings. The van der Waals surface area contributed by atoms with Gasteiger partial charge in [0.25, 0.3) is 0 Å². The third-order valence-electron chi connectivity index (χ3n) is 1.19. The third-order valence-corrected chi connectivity index (χ3v) is 1.19. The van der Waals surface area contributed by atoms with Crippen molar-refractivity contribution in [2.45, 2.75) is 0 Å². The molecule has 0 aliphatic carbocycles. The molecule has 1 rings (SSSR count). The van der Waals surface area contributed by atoms with E-state index in [-0.39, 0.29) is 0 Å². The van der Waals surface area contributed by atoms with Crippen molar-refractivity contribution in [1.29, 1.82) is 0 Å². The summed E-state index contributed by atoms with van der Waals surface area (Å²) in [5, 5.41) is 0. The molecule has 0 saturated carbocycles. The summed E-state index contributed by atoms with van der Waals surface area (Å²) in [7, 11) is 5.40. The van der Waals surface area contributed by atoms with Gasteiger partial charge in [0.05, 0.1) is 6.33 Å². The van der Waals surface area contributed by atoms with Gasteiger partial charge in [-0.05, 0) is 11.6 Å². The van der Waals surface area contributed by atoms with Crippen LogP contribution in [0.2, 0.25) is 0 Å². The van der Waals surface area contributed by atoms with Crippen molar-refractivity contribution in [3.05, 3.63) is 36.2 Å². The molecule has 0 aromatic heterocycles. The average molecular weight is 132 g/mol. The Hall–Kier alpha value is -1.05. The van der Waals surface area contributed by atoms with Gasteiger partial charge in [-0.2, -0.15) is 0 Å². The second kappa shape index (κ2) is 3.21. The summed E-state index contributed by atoms with van der Waals surface area (Å²) >= 11 is 0. The van der Waals surface area contributed by atoms with E-state index in [0.717, 1.165) is 5.56 Å². The van der Waals surface area contributed by atoms with Gasteiger partial charge in [0.1, 0.15) is 7.85 Å². The van der Waals surface area contributed by atoms with Crippen molar-refractivity contribution in [2.75, 3.05) is 0 Å². The first-order chi connectivity index (χ1) is 4.83. The van der Waals surface area contributed by atoms with Crippen LogP contribution in [-0.2, 0) is 0 Å². The van der Waals surface area contributed by atoms with E-state index in [1.807, 2.05) is 0 Å². The fourth-order valence-electron chi connectivity index (χ4n) is 0.680. The Morgan fingerprint density at radius 1 is 1.20 bits per heavy atom. The van der Waals surface area contributed by atoms with Crippen molar-refractivity contribution < 1.29 is 4.39 Å². The smallest absolute Gasteiger partial charge is 0.113 e. The van der Waals surface area contributed by atoms with Crippen LogP contribution >= 0.6 is 0 Å². The van der Waals surface area contributed by atoms with Crippen LogP contribution in [-0.4, -0.2) is 7.85 Å². The fourth-order valence-corrected chi connectivity index (χ4v) is 0.680. The highest BCUT2D eigenvalue weighted by atomic mass is 19.1. The Bertz CT molecular complexity index is 226. The Kier molecular flexibility index (Phi) is 2.27. The van der Waals surface area contributed by atoms with Gasteiger partial charge >= 0.3 is 0 Å². The van der Waals surface area contributed by atoms with Crippen LogP contribution in [0.3, 0.4) is 0 Å². The molecule has 0 spiro atoms. The minimum Gasteiger partial charge on any atom is -0.216 e. The standard InChI is InChI=1S/C8H6BF/c9-8-3-1-7(2-4-8)5-6-10/h1-6H/b6-5+. The summed E-state index contributed by atoms with van der Waals surface area (Å²) in [6.45, 7) is 0. The third kappa shape index (κ3) is 1.73. The number of rotatable bonds is 1. The van der Waals surface area contributed by atoms with E-state index in [4.69, 9.17) is 7.85 Å². The lowest BCUT2D eigenvalue weighted by Gasteiger charge is -1.92. The molecule has 1 aromatic rings.